The maximum atomic E-state index is 12.5. The van der Waals surface area contributed by atoms with Gasteiger partial charge in [0.05, 0.1) is 18.4 Å². The predicted octanol–water partition coefficient (Wildman–Crippen LogP) is 3.40. The highest BCUT2D eigenvalue weighted by atomic mass is 19.4. The number of aliphatic carboxylic acids is 1. The van der Waals surface area contributed by atoms with Crippen molar-refractivity contribution in [2.45, 2.75) is 6.18 Å². The van der Waals surface area contributed by atoms with Crippen LogP contribution >= 0.6 is 0 Å². The summed E-state index contributed by atoms with van der Waals surface area (Å²) >= 11 is 0. The summed E-state index contributed by atoms with van der Waals surface area (Å²) in [5, 5.41) is 19.7. The van der Waals surface area contributed by atoms with E-state index >= 15 is 0 Å². The number of aromatic nitrogens is 2. The van der Waals surface area contributed by atoms with Gasteiger partial charge in [-0.05, 0) is 48.5 Å². The van der Waals surface area contributed by atoms with Crippen LogP contribution in [0.1, 0.15) is 20.7 Å². The van der Waals surface area contributed by atoms with Crippen molar-refractivity contribution in [3.8, 4) is 5.75 Å². The van der Waals surface area contributed by atoms with Crippen LogP contribution in [0.5, 0.6) is 5.75 Å². The van der Waals surface area contributed by atoms with Gasteiger partial charge in [0, 0.05) is 49.8 Å². The van der Waals surface area contributed by atoms with E-state index < -0.39 is 18.1 Å². The van der Waals surface area contributed by atoms with Gasteiger partial charge in [0.25, 0.3) is 5.91 Å². The lowest BCUT2D eigenvalue weighted by Crippen LogP contribution is -2.47. The molecular weight excluding hydrogens is 523 g/mol. The average molecular weight is 547 g/mol. The normalized spacial score (nSPS) is 13.1. The van der Waals surface area contributed by atoms with Gasteiger partial charge in [-0.3, -0.25) is 4.79 Å². The topological polar surface area (TPSA) is 145 Å². The average Bonchev–Trinajstić information content (AvgIpc) is 2.93. The molecule has 0 aliphatic carbocycles. The zero-order valence-corrected chi connectivity index (χ0v) is 20.6. The van der Waals surface area contributed by atoms with Crippen LogP contribution < -0.4 is 19.9 Å². The number of halogens is 3. The molecule has 0 bridgehead atoms. The molecule has 1 fully saturated rings. The molecule has 1 aromatic heterocycles. The summed E-state index contributed by atoms with van der Waals surface area (Å²) in [5.74, 6) is -2.81. The van der Waals surface area contributed by atoms with Gasteiger partial charge in [-0.15, -0.1) is 0 Å². The predicted molar refractivity (Wildman–Crippen MR) is 134 cm³/mol. The van der Waals surface area contributed by atoms with Crippen LogP contribution in [0.3, 0.4) is 0 Å². The Hall–Kier alpha value is -4.88. The second kappa shape index (κ2) is 12.6. The monoisotopic (exact) mass is 547 g/mol. The SMILES string of the molecule is COc1ccc(C(=O)Nc2ccc(N3CCN(c4ncccn4)CC3)c(C(=O)O)c2)cc1.O=C(O)C(F)(F)F. The number of carbonyl (C=O) groups is 3. The van der Waals surface area contributed by atoms with Gasteiger partial charge in [-0.1, -0.05) is 0 Å². The second-order valence-corrected chi connectivity index (χ2v) is 8.05. The van der Waals surface area contributed by atoms with Crippen LogP contribution in [-0.2, 0) is 4.79 Å². The van der Waals surface area contributed by atoms with Gasteiger partial charge >= 0.3 is 18.1 Å². The minimum atomic E-state index is -5.08. The number of carboxylic acids is 2. The summed E-state index contributed by atoms with van der Waals surface area (Å²) in [5.41, 5.74) is 1.63. The van der Waals surface area contributed by atoms with Crippen molar-refractivity contribution in [2.24, 2.45) is 0 Å². The molecule has 3 aromatic rings. The van der Waals surface area contributed by atoms with E-state index in [-0.39, 0.29) is 11.5 Å². The lowest BCUT2D eigenvalue weighted by Gasteiger charge is -2.36. The molecule has 0 atom stereocenters. The van der Waals surface area contributed by atoms with Crippen LogP contribution in [0.15, 0.2) is 60.9 Å². The van der Waals surface area contributed by atoms with E-state index in [0.29, 0.717) is 54.8 Å². The number of hydrogen-bond donors (Lipinski definition) is 3. The third-order valence-corrected chi connectivity index (χ3v) is 5.53. The van der Waals surface area contributed by atoms with E-state index in [0.717, 1.165) is 0 Å². The zero-order valence-electron chi connectivity index (χ0n) is 20.6. The number of methoxy groups -OCH3 is 1. The number of carboxylic acid groups (broad SMARTS) is 2. The van der Waals surface area contributed by atoms with Gasteiger partial charge in [0.1, 0.15) is 5.75 Å². The summed E-state index contributed by atoms with van der Waals surface area (Å²) < 4.78 is 36.8. The number of nitrogens with one attached hydrogen (secondary N) is 1. The van der Waals surface area contributed by atoms with Crippen LogP contribution in [0.25, 0.3) is 0 Å². The highest BCUT2D eigenvalue weighted by Gasteiger charge is 2.38. The number of aromatic carboxylic acids is 1. The molecule has 2 heterocycles. The fourth-order valence-electron chi connectivity index (χ4n) is 3.61. The quantitative estimate of drug-likeness (QED) is 0.420. The highest BCUT2D eigenvalue weighted by molar-refractivity contribution is 6.05. The van der Waals surface area contributed by atoms with Crippen LogP contribution in [0, 0.1) is 0 Å². The van der Waals surface area contributed by atoms with E-state index in [2.05, 4.69) is 20.2 Å². The number of hydrogen-bond acceptors (Lipinski definition) is 8. The van der Waals surface area contributed by atoms with Crippen molar-refractivity contribution < 1.29 is 42.5 Å². The third-order valence-electron chi connectivity index (χ3n) is 5.53. The van der Waals surface area contributed by atoms with Crippen molar-refractivity contribution in [1.82, 2.24) is 9.97 Å². The van der Waals surface area contributed by atoms with Gasteiger partial charge < -0.3 is 30.1 Å². The summed E-state index contributed by atoms with van der Waals surface area (Å²) in [4.78, 5) is 46.0. The minimum absolute atomic E-state index is 0.141. The number of amides is 1. The number of carbonyl (C=O) groups excluding carboxylic acids is 1. The van der Waals surface area contributed by atoms with E-state index in [1.54, 1.807) is 62.0 Å². The fraction of sp³-hybridized carbons (Fsp3) is 0.240. The Bertz CT molecular complexity index is 1300. The van der Waals surface area contributed by atoms with E-state index in [1.165, 1.54) is 6.07 Å². The van der Waals surface area contributed by atoms with E-state index in [4.69, 9.17) is 14.6 Å². The maximum Gasteiger partial charge on any atom is 0.490 e. The number of anilines is 3. The molecule has 4 rings (SSSR count). The lowest BCUT2D eigenvalue weighted by atomic mass is 10.1. The Morgan fingerprint density at radius 2 is 1.49 bits per heavy atom. The number of ether oxygens (including phenoxy) is 1. The molecule has 2 aromatic carbocycles. The number of alkyl halides is 3. The Balaban J connectivity index is 0.000000532. The molecule has 1 aliphatic heterocycles. The lowest BCUT2D eigenvalue weighted by molar-refractivity contribution is -0.192. The Labute approximate surface area is 220 Å². The first-order valence-corrected chi connectivity index (χ1v) is 11.4. The van der Waals surface area contributed by atoms with Gasteiger partial charge in [-0.25, -0.2) is 19.6 Å². The first-order chi connectivity index (χ1) is 18.5. The molecule has 1 amide bonds. The molecule has 14 heteroatoms. The minimum Gasteiger partial charge on any atom is -0.497 e. The smallest absolute Gasteiger partial charge is 0.490 e. The Kier molecular flexibility index (Phi) is 9.25. The molecule has 3 N–H and O–H groups in total. The van der Waals surface area contributed by atoms with Crippen molar-refractivity contribution >= 4 is 35.2 Å². The zero-order chi connectivity index (χ0) is 28.6. The summed E-state index contributed by atoms with van der Waals surface area (Å²) in [6.07, 6.45) is -1.67. The second-order valence-electron chi connectivity index (χ2n) is 8.05. The molecule has 0 unspecified atom stereocenters. The number of benzene rings is 2. The van der Waals surface area contributed by atoms with Crippen molar-refractivity contribution in [3.63, 3.8) is 0 Å². The molecule has 1 saturated heterocycles. The Morgan fingerprint density at radius 1 is 0.923 bits per heavy atom. The summed E-state index contributed by atoms with van der Waals surface area (Å²) in [6, 6.07) is 13.4. The molecule has 1 aliphatic rings. The van der Waals surface area contributed by atoms with E-state index in [1.807, 2.05) is 4.90 Å². The molecule has 11 nitrogen and oxygen atoms in total. The van der Waals surface area contributed by atoms with Crippen LogP contribution in [-0.4, -0.2) is 77.5 Å². The number of rotatable bonds is 6. The first-order valence-electron chi connectivity index (χ1n) is 11.4. The summed E-state index contributed by atoms with van der Waals surface area (Å²) in [6.45, 7) is 2.63. The van der Waals surface area contributed by atoms with Crippen molar-refractivity contribution in [3.05, 3.63) is 72.1 Å². The van der Waals surface area contributed by atoms with E-state index in [9.17, 15) is 27.9 Å². The largest absolute Gasteiger partial charge is 0.497 e. The van der Waals surface area contributed by atoms with Crippen LogP contribution in [0.4, 0.5) is 30.5 Å². The molecular formula is C25H24F3N5O6. The third kappa shape index (κ3) is 7.80. The first kappa shape index (κ1) is 28.7. The number of nitrogens with zero attached hydrogens (tertiary/aromatic N) is 4. The maximum absolute atomic E-state index is 12.5. The Morgan fingerprint density at radius 3 is 2.00 bits per heavy atom. The molecule has 39 heavy (non-hydrogen) atoms. The molecule has 0 saturated carbocycles. The summed E-state index contributed by atoms with van der Waals surface area (Å²) in [7, 11) is 1.55. The molecule has 0 spiro atoms. The van der Waals surface area contributed by atoms with Gasteiger partial charge in [0.2, 0.25) is 5.95 Å². The van der Waals surface area contributed by atoms with Crippen LogP contribution in [0.2, 0.25) is 0 Å². The highest BCUT2D eigenvalue weighted by Crippen LogP contribution is 2.27. The molecule has 0 radical (unpaired) electrons. The number of piperazine rings is 1. The van der Waals surface area contributed by atoms with Gasteiger partial charge in [0.15, 0.2) is 0 Å². The molecule has 206 valence electrons. The van der Waals surface area contributed by atoms with Crippen molar-refractivity contribution in [1.29, 1.82) is 0 Å². The standard InChI is InChI=1S/C23H23N5O4.C2HF3O2/c1-32-18-6-3-16(4-7-18)21(29)26-17-5-8-20(19(15-17)22(30)31)27-11-13-28(14-12-27)23-24-9-2-10-25-23;3-2(4,5)1(6)7/h2-10,15H,11-14H2,1H3,(H,26,29)(H,30,31);(H,6,7). The van der Waals surface area contributed by atoms with Crippen molar-refractivity contribution in [2.75, 3.05) is 48.4 Å². The fourth-order valence-corrected chi connectivity index (χ4v) is 3.61. The van der Waals surface area contributed by atoms with Gasteiger partial charge in [-0.2, -0.15) is 13.2 Å².